The zero-order chi connectivity index (χ0) is 6.85. The number of alkyl halides is 2. The van der Waals surface area contributed by atoms with E-state index in [1.165, 1.54) is 0 Å². The van der Waals surface area contributed by atoms with Gasteiger partial charge in [-0.1, -0.05) is 0 Å². The van der Waals surface area contributed by atoms with Gasteiger partial charge in [0.05, 0.1) is 0 Å². The van der Waals surface area contributed by atoms with Crippen LogP contribution in [0.2, 0.25) is 0 Å². The van der Waals surface area contributed by atoms with E-state index < -0.39 is 12.3 Å². The van der Waals surface area contributed by atoms with Gasteiger partial charge in [0.2, 0.25) is 0 Å². The summed E-state index contributed by atoms with van der Waals surface area (Å²) in [5.74, 6) is 0. The van der Waals surface area contributed by atoms with Crippen LogP contribution in [0.4, 0.5) is 8.78 Å². The van der Waals surface area contributed by atoms with Gasteiger partial charge in [-0.2, -0.15) is 0 Å². The molecule has 1 nitrogen and oxygen atoms in total. The SMILES string of the molecule is Cl.NC1CCC(F)C(F)C1. The predicted octanol–water partition coefficient (Wildman–Crippen LogP) is 1.60. The average molecular weight is 172 g/mol. The molecule has 0 aromatic rings. The van der Waals surface area contributed by atoms with Gasteiger partial charge in [0.25, 0.3) is 0 Å². The van der Waals surface area contributed by atoms with E-state index in [4.69, 9.17) is 5.73 Å². The smallest absolute Gasteiger partial charge is 0.133 e. The van der Waals surface area contributed by atoms with Gasteiger partial charge in [-0.3, -0.25) is 0 Å². The molecular formula is C6H12ClF2N. The molecule has 0 bridgehead atoms. The molecule has 0 amide bonds. The minimum absolute atomic E-state index is 0. The number of nitrogens with two attached hydrogens (primary N) is 1. The van der Waals surface area contributed by atoms with Gasteiger partial charge in [-0.05, 0) is 19.3 Å². The standard InChI is InChI=1S/C6H11F2N.ClH/c7-5-2-1-4(9)3-6(5)8;/h4-6H,1-3,9H2;1H. The molecule has 1 rings (SSSR count). The fraction of sp³-hybridized carbons (Fsp3) is 1.00. The van der Waals surface area contributed by atoms with Crippen molar-refractivity contribution in [1.29, 1.82) is 0 Å². The van der Waals surface area contributed by atoms with Crippen molar-refractivity contribution in [3.63, 3.8) is 0 Å². The summed E-state index contributed by atoms with van der Waals surface area (Å²) in [4.78, 5) is 0. The highest BCUT2D eigenvalue weighted by Crippen LogP contribution is 2.22. The first-order valence-corrected chi connectivity index (χ1v) is 3.24. The van der Waals surface area contributed by atoms with Gasteiger partial charge in [-0.15, -0.1) is 12.4 Å². The number of hydrogen-bond donors (Lipinski definition) is 1. The van der Waals surface area contributed by atoms with Gasteiger partial charge < -0.3 is 5.73 Å². The number of rotatable bonds is 0. The lowest BCUT2D eigenvalue weighted by molar-refractivity contribution is 0.109. The highest BCUT2D eigenvalue weighted by Gasteiger charge is 2.28. The maximum atomic E-state index is 12.4. The molecule has 1 saturated carbocycles. The highest BCUT2D eigenvalue weighted by atomic mass is 35.5. The summed E-state index contributed by atoms with van der Waals surface area (Å²) in [6, 6.07) is -0.119. The summed E-state index contributed by atoms with van der Waals surface area (Å²) in [6.45, 7) is 0. The largest absolute Gasteiger partial charge is 0.328 e. The van der Waals surface area contributed by atoms with E-state index >= 15 is 0 Å². The molecule has 3 atom stereocenters. The Morgan fingerprint density at radius 3 is 2.10 bits per heavy atom. The van der Waals surface area contributed by atoms with Gasteiger partial charge >= 0.3 is 0 Å². The Morgan fingerprint density at radius 1 is 1.10 bits per heavy atom. The van der Waals surface area contributed by atoms with Crippen LogP contribution in [0.25, 0.3) is 0 Å². The molecule has 0 aromatic heterocycles. The molecule has 0 saturated heterocycles. The van der Waals surface area contributed by atoms with Crippen molar-refractivity contribution in [3.05, 3.63) is 0 Å². The normalized spacial score (nSPS) is 40.5. The predicted molar refractivity (Wildman–Crippen MR) is 38.9 cm³/mol. The van der Waals surface area contributed by atoms with E-state index in [9.17, 15) is 8.78 Å². The summed E-state index contributed by atoms with van der Waals surface area (Å²) < 4.78 is 24.7. The van der Waals surface area contributed by atoms with E-state index in [2.05, 4.69) is 0 Å². The van der Waals surface area contributed by atoms with Crippen LogP contribution < -0.4 is 5.73 Å². The summed E-state index contributed by atoms with van der Waals surface area (Å²) in [7, 11) is 0. The van der Waals surface area contributed by atoms with E-state index in [0.717, 1.165) is 0 Å². The van der Waals surface area contributed by atoms with Gasteiger partial charge in [0.15, 0.2) is 0 Å². The van der Waals surface area contributed by atoms with Gasteiger partial charge in [-0.25, -0.2) is 8.78 Å². The Kier molecular flexibility index (Phi) is 4.13. The minimum Gasteiger partial charge on any atom is -0.328 e. The molecule has 2 N–H and O–H groups in total. The molecule has 0 heterocycles. The Labute approximate surface area is 65.4 Å². The topological polar surface area (TPSA) is 26.0 Å². The van der Waals surface area contributed by atoms with E-state index in [1.54, 1.807) is 0 Å². The molecule has 0 spiro atoms. The van der Waals surface area contributed by atoms with E-state index in [0.29, 0.717) is 12.8 Å². The van der Waals surface area contributed by atoms with Gasteiger partial charge in [0.1, 0.15) is 12.3 Å². The van der Waals surface area contributed by atoms with Crippen LogP contribution in [0.1, 0.15) is 19.3 Å². The third-order valence-corrected chi connectivity index (χ3v) is 1.73. The zero-order valence-corrected chi connectivity index (χ0v) is 6.41. The van der Waals surface area contributed by atoms with Crippen molar-refractivity contribution in [3.8, 4) is 0 Å². The lowest BCUT2D eigenvalue weighted by Crippen LogP contribution is -2.35. The molecule has 1 aliphatic carbocycles. The van der Waals surface area contributed by atoms with Gasteiger partial charge in [0, 0.05) is 6.04 Å². The van der Waals surface area contributed by atoms with Crippen molar-refractivity contribution in [2.45, 2.75) is 37.6 Å². The zero-order valence-electron chi connectivity index (χ0n) is 5.59. The molecule has 1 aliphatic rings. The molecule has 1 fully saturated rings. The first kappa shape index (κ1) is 10.1. The maximum Gasteiger partial charge on any atom is 0.133 e. The van der Waals surface area contributed by atoms with Crippen LogP contribution >= 0.6 is 12.4 Å². The van der Waals surface area contributed by atoms with Crippen molar-refractivity contribution >= 4 is 12.4 Å². The summed E-state index contributed by atoms with van der Waals surface area (Å²) in [5, 5.41) is 0. The lowest BCUT2D eigenvalue weighted by atomic mass is 9.93. The van der Waals surface area contributed by atoms with Crippen LogP contribution in [0, 0.1) is 0 Å². The second-order valence-corrected chi connectivity index (χ2v) is 2.61. The highest BCUT2D eigenvalue weighted by molar-refractivity contribution is 5.85. The molecule has 62 valence electrons. The minimum atomic E-state index is -1.31. The van der Waals surface area contributed by atoms with Crippen molar-refractivity contribution in [2.75, 3.05) is 0 Å². The summed E-state index contributed by atoms with van der Waals surface area (Å²) in [5.41, 5.74) is 5.38. The fourth-order valence-corrected chi connectivity index (χ4v) is 1.11. The average Bonchev–Trinajstić information content (AvgIpc) is 1.80. The molecule has 3 unspecified atom stereocenters. The monoisotopic (exact) mass is 171 g/mol. The molecule has 4 heteroatoms. The molecular weight excluding hydrogens is 160 g/mol. The van der Waals surface area contributed by atoms with E-state index in [1.807, 2.05) is 0 Å². The number of halogens is 3. The summed E-state index contributed by atoms with van der Waals surface area (Å²) >= 11 is 0. The maximum absolute atomic E-state index is 12.4. The Hall–Kier alpha value is 0.110. The second kappa shape index (κ2) is 4.09. The lowest BCUT2D eigenvalue weighted by Gasteiger charge is -2.23. The van der Waals surface area contributed by atoms with Crippen LogP contribution in [-0.4, -0.2) is 18.4 Å². The Balaban J connectivity index is 0.000000810. The fourth-order valence-electron chi connectivity index (χ4n) is 1.11. The van der Waals surface area contributed by atoms with Crippen LogP contribution in [0.3, 0.4) is 0 Å². The first-order valence-electron chi connectivity index (χ1n) is 3.24. The van der Waals surface area contributed by atoms with E-state index in [-0.39, 0.29) is 24.9 Å². The first-order chi connectivity index (χ1) is 4.20. The van der Waals surface area contributed by atoms with Crippen molar-refractivity contribution in [1.82, 2.24) is 0 Å². The third kappa shape index (κ3) is 2.39. The molecule has 0 aliphatic heterocycles. The number of hydrogen-bond acceptors (Lipinski definition) is 1. The Morgan fingerprint density at radius 2 is 1.70 bits per heavy atom. The van der Waals surface area contributed by atoms with Crippen molar-refractivity contribution < 1.29 is 8.78 Å². The summed E-state index contributed by atoms with van der Waals surface area (Å²) in [6.07, 6.45) is -1.45. The van der Waals surface area contributed by atoms with Crippen LogP contribution in [0.15, 0.2) is 0 Å². The van der Waals surface area contributed by atoms with Crippen LogP contribution in [0.5, 0.6) is 0 Å². The van der Waals surface area contributed by atoms with Crippen molar-refractivity contribution in [2.24, 2.45) is 5.73 Å². The van der Waals surface area contributed by atoms with Crippen LogP contribution in [-0.2, 0) is 0 Å². The third-order valence-electron chi connectivity index (χ3n) is 1.73. The second-order valence-electron chi connectivity index (χ2n) is 2.61. The molecule has 0 aromatic carbocycles. The molecule has 0 radical (unpaired) electrons. The quantitative estimate of drug-likeness (QED) is 0.589. The Bertz CT molecular complexity index is 102. The molecule has 10 heavy (non-hydrogen) atoms.